The van der Waals surface area contributed by atoms with Gasteiger partial charge in [-0.2, -0.15) is 0 Å². The molecule has 3 rings (SSSR count). The van der Waals surface area contributed by atoms with Gasteiger partial charge in [-0.3, -0.25) is 0 Å². The summed E-state index contributed by atoms with van der Waals surface area (Å²) in [5.41, 5.74) is 2.42. The zero-order valence-electron chi connectivity index (χ0n) is 11.1. The highest BCUT2D eigenvalue weighted by Gasteiger charge is 2.44. The number of hydrogen-bond acceptors (Lipinski definition) is 2. The summed E-state index contributed by atoms with van der Waals surface area (Å²) in [7, 11) is 1.78. The number of benzene rings is 2. The van der Waals surface area contributed by atoms with E-state index >= 15 is 0 Å². The zero-order chi connectivity index (χ0) is 13.1. The Labute approximate surface area is 114 Å². The molecule has 0 heterocycles. The Morgan fingerprint density at radius 1 is 0.947 bits per heavy atom. The van der Waals surface area contributed by atoms with Crippen LogP contribution in [0.5, 0.6) is 5.75 Å². The minimum atomic E-state index is -0.0159. The highest BCUT2D eigenvalue weighted by molar-refractivity contribution is 5.34. The molecule has 2 nitrogen and oxygen atoms in total. The molecule has 1 aliphatic rings. The maximum Gasteiger partial charge on any atom is 0.119 e. The normalized spacial score (nSPS) is 16.1. The van der Waals surface area contributed by atoms with E-state index in [1.165, 1.54) is 11.1 Å². The van der Waals surface area contributed by atoms with Gasteiger partial charge in [0.2, 0.25) is 0 Å². The van der Waals surface area contributed by atoms with Crippen molar-refractivity contribution in [2.45, 2.75) is 25.0 Å². The monoisotopic (exact) mass is 254 g/mol. The second kappa shape index (κ2) is 5.06. The molecule has 1 fully saturated rings. The first kappa shape index (κ1) is 12.2. The van der Waals surface area contributed by atoms with Gasteiger partial charge in [0.1, 0.15) is 12.4 Å². The predicted octanol–water partition coefficient (Wildman–Crippen LogP) is 3.90. The third-order valence-corrected chi connectivity index (χ3v) is 3.72. The van der Waals surface area contributed by atoms with Crippen molar-refractivity contribution < 1.29 is 9.47 Å². The van der Waals surface area contributed by atoms with Crippen molar-refractivity contribution in [3.8, 4) is 5.75 Å². The Bertz CT molecular complexity index is 527. The van der Waals surface area contributed by atoms with E-state index in [-0.39, 0.29) is 5.60 Å². The smallest absolute Gasteiger partial charge is 0.119 e. The van der Waals surface area contributed by atoms with Crippen molar-refractivity contribution in [1.29, 1.82) is 0 Å². The molecule has 98 valence electrons. The molecular weight excluding hydrogens is 236 g/mol. The second-order valence-electron chi connectivity index (χ2n) is 5.00. The molecule has 0 atom stereocenters. The first-order chi connectivity index (χ1) is 9.32. The van der Waals surface area contributed by atoms with Gasteiger partial charge in [0.15, 0.2) is 0 Å². The standard InChI is InChI=1S/C17H18O2/c1-18-17(11-12-17)15-7-9-16(10-8-15)19-13-14-5-3-2-4-6-14/h2-10H,11-13H2,1H3. The minimum Gasteiger partial charge on any atom is -0.489 e. The third-order valence-electron chi connectivity index (χ3n) is 3.72. The predicted molar refractivity (Wildman–Crippen MR) is 75.1 cm³/mol. The summed E-state index contributed by atoms with van der Waals surface area (Å²) in [6.07, 6.45) is 2.24. The van der Waals surface area contributed by atoms with E-state index in [1.807, 2.05) is 30.3 Å². The van der Waals surface area contributed by atoms with Crippen LogP contribution in [0, 0.1) is 0 Å². The fourth-order valence-corrected chi connectivity index (χ4v) is 2.32. The van der Waals surface area contributed by atoms with Crippen LogP contribution in [0.15, 0.2) is 54.6 Å². The molecule has 2 aromatic rings. The molecule has 0 unspecified atom stereocenters. The summed E-state index contributed by atoms with van der Waals surface area (Å²) < 4.78 is 11.3. The quantitative estimate of drug-likeness (QED) is 0.805. The maximum atomic E-state index is 5.77. The van der Waals surface area contributed by atoms with Gasteiger partial charge >= 0.3 is 0 Å². The zero-order valence-corrected chi connectivity index (χ0v) is 11.1. The van der Waals surface area contributed by atoms with Crippen molar-refractivity contribution in [3.63, 3.8) is 0 Å². The van der Waals surface area contributed by atoms with Crippen molar-refractivity contribution in [2.24, 2.45) is 0 Å². The number of rotatable bonds is 5. The summed E-state index contributed by atoms with van der Waals surface area (Å²) in [5.74, 6) is 0.902. The van der Waals surface area contributed by atoms with Crippen LogP contribution >= 0.6 is 0 Å². The maximum absolute atomic E-state index is 5.77. The summed E-state index contributed by atoms with van der Waals surface area (Å²) >= 11 is 0. The van der Waals surface area contributed by atoms with E-state index in [2.05, 4.69) is 24.3 Å². The van der Waals surface area contributed by atoms with Gasteiger partial charge in [-0.05, 0) is 36.1 Å². The molecular formula is C17H18O2. The molecule has 0 saturated heterocycles. The summed E-state index contributed by atoms with van der Waals surface area (Å²) in [6, 6.07) is 18.5. The molecule has 2 aromatic carbocycles. The lowest BCUT2D eigenvalue weighted by Crippen LogP contribution is -2.08. The molecule has 19 heavy (non-hydrogen) atoms. The Balaban J connectivity index is 1.64. The van der Waals surface area contributed by atoms with Crippen LogP contribution < -0.4 is 4.74 Å². The molecule has 0 spiro atoms. The summed E-state index contributed by atoms with van der Waals surface area (Å²) in [5, 5.41) is 0. The van der Waals surface area contributed by atoms with Crippen LogP contribution in [0.4, 0.5) is 0 Å². The van der Waals surface area contributed by atoms with Crippen molar-refractivity contribution in [1.82, 2.24) is 0 Å². The van der Waals surface area contributed by atoms with Crippen molar-refractivity contribution in [2.75, 3.05) is 7.11 Å². The summed E-state index contributed by atoms with van der Waals surface area (Å²) in [4.78, 5) is 0. The van der Waals surface area contributed by atoms with Crippen LogP contribution in [0.25, 0.3) is 0 Å². The third kappa shape index (κ3) is 2.64. The molecule has 0 radical (unpaired) electrons. The van der Waals surface area contributed by atoms with Crippen LogP contribution in [0.3, 0.4) is 0 Å². The molecule has 1 aliphatic carbocycles. The van der Waals surface area contributed by atoms with E-state index < -0.39 is 0 Å². The summed E-state index contributed by atoms with van der Waals surface area (Å²) in [6.45, 7) is 0.607. The fourth-order valence-electron chi connectivity index (χ4n) is 2.32. The molecule has 0 aromatic heterocycles. The lowest BCUT2D eigenvalue weighted by Gasteiger charge is -2.14. The average Bonchev–Trinajstić information content (AvgIpc) is 3.28. The highest BCUT2D eigenvalue weighted by atomic mass is 16.5. The van der Waals surface area contributed by atoms with E-state index in [0.29, 0.717) is 6.61 Å². The molecule has 0 bridgehead atoms. The van der Waals surface area contributed by atoms with Crippen LogP contribution in [-0.4, -0.2) is 7.11 Å². The SMILES string of the molecule is COC1(c2ccc(OCc3ccccc3)cc2)CC1. The van der Waals surface area contributed by atoms with Crippen LogP contribution in [-0.2, 0) is 16.9 Å². The largest absolute Gasteiger partial charge is 0.489 e. The Morgan fingerprint density at radius 3 is 2.21 bits per heavy atom. The molecule has 0 aliphatic heterocycles. The lowest BCUT2D eigenvalue weighted by atomic mass is 10.1. The fraction of sp³-hybridized carbons (Fsp3) is 0.294. The number of ether oxygens (including phenoxy) is 2. The van der Waals surface area contributed by atoms with Crippen LogP contribution in [0.2, 0.25) is 0 Å². The molecule has 2 heteroatoms. The Morgan fingerprint density at radius 2 is 1.63 bits per heavy atom. The highest BCUT2D eigenvalue weighted by Crippen LogP contribution is 2.48. The first-order valence-electron chi connectivity index (χ1n) is 6.65. The van der Waals surface area contributed by atoms with Gasteiger partial charge in [-0.25, -0.2) is 0 Å². The number of hydrogen-bond donors (Lipinski definition) is 0. The van der Waals surface area contributed by atoms with Gasteiger partial charge in [0, 0.05) is 7.11 Å². The second-order valence-corrected chi connectivity index (χ2v) is 5.00. The van der Waals surface area contributed by atoms with E-state index in [4.69, 9.17) is 9.47 Å². The van der Waals surface area contributed by atoms with E-state index in [0.717, 1.165) is 18.6 Å². The number of methoxy groups -OCH3 is 1. The van der Waals surface area contributed by atoms with Crippen molar-refractivity contribution in [3.05, 3.63) is 65.7 Å². The van der Waals surface area contributed by atoms with Crippen molar-refractivity contribution >= 4 is 0 Å². The topological polar surface area (TPSA) is 18.5 Å². The molecule has 0 N–H and O–H groups in total. The first-order valence-corrected chi connectivity index (χ1v) is 6.65. The van der Waals surface area contributed by atoms with Gasteiger partial charge in [-0.15, -0.1) is 0 Å². The van der Waals surface area contributed by atoms with E-state index in [1.54, 1.807) is 7.11 Å². The minimum absolute atomic E-state index is 0.0159. The van der Waals surface area contributed by atoms with Gasteiger partial charge in [0.05, 0.1) is 5.60 Å². The Kier molecular flexibility index (Phi) is 3.26. The lowest BCUT2D eigenvalue weighted by molar-refractivity contribution is 0.0788. The molecule has 0 amide bonds. The van der Waals surface area contributed by atoms with Crippen LogP contribution in [0.1, 0.15) is 24.0 Å². The van der Waals surface area contributed by atoms with Gasteiger partial charge in [0.25, 0.3) is 0 Å². The molecule has 1 saturated carbocycles. The van der Waals surface area contributed by atoms with E-state index in [9.17, 15) is 0 Å². The van der Waals surface area contributed by atoms with Gasteiger partial charge < -0.3 is 9.47 Å². The average molecular weight is 254 g/mol. The Hall–Kier alpha value is -1.80. The van der Waals surface area contributed by atoms with Gasteiger partial charge in [-0.1, -0.05) is 42.5 Å².